The third-order valence-electron chi connectivity index (χ3n) is 5.68. The summed E-state index contributed by atoms with van der Waals surface area (Å²) in [6.45, 7) is 6.82. The second-order valence-electron chi connectivity index (χ2n) is 8.28. The van der Waals surface area contributed by atoms with Crippen molar-refractivity contribution in [2.45, 2.75) is 27.4 Å². The molecule has 0 aliphatic carbocycles. The molecule has 0 saturated carbocycles. The molecule has 0 aromatic heterocycles. The third-order valence-corrected chi connectivity index (χ3v) is 6.78. The largest absolute Gasteiger partial charge is 0.495 e. The zero-order valence-electron chi connectivity index (χ0n) is 21.8. The second kappa shape index (κ2) is 13.4. The van der Waals surface area contributed by atoms with Crippen LogP contribution >= 0.6 is 34.2 Å². The van der Waals surface area contributed by atoms with Crippen LogP contribution < -0.4 is 24.3 Å². The highest BCUT2D eigenvalue weighted by molar-refractivity contribution is 14.1. The minimum Gasteiger partial charge on any atom is -0.495 e. The molecule has 0 saturated heterocycles. The van der Waals surface area contributed by atoms with Crippen molar-refractivity contribution in [3.05, 3.63) is 78.9 Å². The van der Waals surface area contributed by atoms with E-state index < -0.39 is 5.91 Å². The van der Waals surface area contributed by atoms with E-state index >= 15 is 0 Å². The number of ether oxygens (including phenoxy) is 4. The van der Waals surface area contributed by atoms with Crippen molar-refractivity contribution in [1.29, 1.82) is 5.26 Å². The predicted octanol–water partition coefficient (Wildman–Crippen LogP) is 7.10. The molecule has 0 atom stereocenters. The maximum Gasteiger partial charge on any atom is 0.266 e. The molecule has 0 spiro atoms. The fraction of sp³-hybridized carbons (Fsp3) is 0.241. The van der Waals surface area contributed by atoms with Crippen LogP contribution in [0.4, 0.5) is 5.69 Å². The third kappa shape index (κ3) is 7.11. The van der Waals surface area contributed by atoms with Gasteiger partial charge in [0.05, 0.1) is 35.1 Å². The van der Waals surface area contributed by atoms with Gasteiger partial charge in [-0.05, 0) is 83.8 Å². The van der Waals surface area contributed by atoms with Crippen LogP contribution in [0.15, 0.2) is 48.0 Å². The van der Waals surface area contributed by atoms with Gasteiger partial charge < -0.3 is 24.3 Å². The first-order chi connectivity index (χ1) is 18.2. The van der Waals surface area contributed by atoms with E-state index in [1.54, 1.807) is 6.07 Å². The molecule has 9 heteroatoms. The lowest BCUT2D eigenvalue weighted by molar-refractivity contribution is -0.112. The Bertz CT molecular complexity index is 1420. The van der Waals surface area contributed by atoms with E-state index in [9.17, 15) is 10.1 Å². The van der Waals surface area contributed by atoms with E-state index in [1.165, 1.54) is 43.6 Å². The molecule has 0 heterocycles. The second-order valence-corrected chi connectivity index (χ2v) is 9.85. The average Bonchev–Trinajstić information content (AvgIpc) is 2.89. The van der Waals surface area contributed by atoms with Gasteiger partial charge in [-0.15, -0.1) is 0 Å². The zero-order valence-corrected chi connectivity index (χ0v) is 24.7. The Morgan fingerprint density at radius 1 is 1.03 bits per heavy atom. The number of nitrogens with one attached hydrogen (secondary N) is 1. The number of halogens is 2. The number of benzene rings is 3. The molecule has 0 unspecified atom stereocenters. The van der Waals surface area contributed by atoms with Crippen LogP contribution in [0.2, 0.25) is 5.02 Å². The van der Waals surface area contributed by atoms with Crippen molar-refractivity contribution in [3.63, 3.8) is 0 Å². The van der Waals surface area contributed by atoms with Crippen molar-refractivity contribution in [3.8, 4) is 29.1 Å². The lowest BCUT2D eigenvalue weighted by atomic mass is 10.1. The number of carbonyl (C=O) groups is 1. The van der Waals surface area contributed by atoms with Crippen molar-refractivity contribution < 1.29 is 23.7 Å². The molecular formula is C29H28ClIN2O5. The molecule has 3 aromatic rings. The van der Waals surface area contributed by atoms with Crippen molar-refractivity contribution in [2.24, 2.45) is 0 Å². The van der Waals surface area contributed by atoms with E-state index in [0.29, 0.717) is 52.5 Å². The summed E-state index contributed by atoms with van der Waals surface area (Å²) >= 11 is 8.31. The summed E-state index contributed by atoms with van der Waals surface area (Å²) in [7, 11) is 2.92. The first-order valence-corrected chi connectivity index (χ1v) is 13.2. The molecule has 1 amide bonds. The van der Waals surface area contributed by atoms with Crippen molar-refractivity contribution in [1.82, 2.24) is 0 Å². The zero-order chi connectivity index (χ0) is 27.8. The Morgan fingerprint density at radius 2 is 1.76 bits per heavy atom. The fourth-order valence-corrected chi connectivity index (χ4v) is 4.60. The number of anilines is 1. The smallest absolute Gasteiger partial charge is 0.266 e. The summed E-state index contributed by atoms with van der Waals surface area (Å²) in [6, 6.07) is 14.8. The molecule has 3 rings (SSSR count). The Labute approximate surface area is 241 Å². The number of carbonyl (C=O) groups excluding carboxylic acids is 1. The number of nitriles is 1. The van der Waals surface area contributed by atoms with Gasteiger partial charge in [-0.2, -0.15) is 5.26 Å². The van der Waals surface area contributed by atoms with Crippen LogP contribution in [0, 0.1) is 28.7 Å². The van der Waals surface area contributed by atoms with Gasteiger partial charge >= 0.3 is 0 Å². The van der Waals surface area contributed by atoms with Crippen LogP contribution in [0.25, 0.3) is 6.08 Å². The van der Waals surface area contributed by atoms with Crippen LogP contribution in [-0.4, -0.2) is 26.7 Å². The molecule has 0 radical (unpaired) electrons. The van der Waals surface area contributed by atoms with Gasteiger partial charge in [0.15, 0.2) is 11.5 Å². The highest BCUT2D eigenvalue weighted by Gasteiger charge is 2.17. The van der Waals surface area contributed by atoms with Gasteiger partial charge in [-0.3, -0.25) is 4.79 Å². The molecule has 0 bridgehead atoms. The first kappa shape index (κ1) is 29.1. The minimum absolute atomic E-state index is 0.108. The fourth-order valence-electron chi connectivity index (χ4n) is 3.59. The number of rotatable bonds is 10. The van der Waals surface area contributed by atoms with E-state index in [1.807, 2.05) is 25.1 Å². The molecule has 1 N–H and O–H groups in total. The first-order valence-electron chi connectivity index (χ1n) is 11.7. The molecule has 0 aliphatic heterocycles. The van der Waals surface area contributed by atoms with Crippen molar-refractivity contribution >= 4 is 51.9 Å². The highest BCUT2D eigenvalue weighted by atomic mass is 127. The van der Waals surface area contributed by atoms with E-state index in [4.69, 9.17) is 30.5 Å². The number of methoxy groups -OCH3 is 2. The molecule has 3 aromatic carbocycles. The number of aryl methyl sites for hydroxylation is 2. The van der Waals surface area contributed by atoms with Crippen LogP contribution in [0.1, 0.15) is 29.2 Å². The monoisotopic (exact) mass is 646 g/mol. The van der Waals surface area contributed by atoms with Gasteiger partial charge in [0.1, 0.15) is 29.7 Å². The number of nitrogens with zero attached hydrogens (tertiary/aromatic N) is 1. The molecule has 7 nitrogen and oxygen atoms in total. The maximum atomic E-state index is 13.0. The lowest BCUT2D eigenvalue weighted by Gasteiger charge is -2.15. The summed E-state index contributed by atoms with van der Waals surface area (Å²) in [5.41, 5.74) is 4.29. The summed E-state index contributed by atoms with van der Waals surface area (Å²) in [5, 5.41) is 12.8. The highest BCUT2D eigenvalue weighted by Crippen LogP contribution is 2.37. The lowest BCUT2D eigenvalue weighted by Crippen LogP contribution is -2.14. The summed E-state index contributed by atoms with van der Waals surface area (Å²) in [4.78, 5) is 13.0. The van der Waals surface area contributed by atoms with Crippen LogP contribution in [-0.2, 0) is 11.4 Å². The molecule has 198 valence electrons. The normalized spacial score (nSPS) is 10.9. The average molecular weight is 647 g/mol. The van der Waals surface area contributed by atoms with Gasteiger partial charge in [-0.25, -0.2) is 0 Å². The SMILES string of the molecule is CCOc1cc(/C=C(\C#N)C(=O)Nc2cc(OC)c(Cl)cc2OC)cc(I)c1OCc1ccc(C)c(C)c1. The van der Waals surface area contributed by atoms with Crippen molar-refractivity contribution in [2.75, 3.05) is 26.1 Å². The topological polar surface area (TPSA) is 89.8 Å². The van der Waals surface area contributed by atoms with Gasteiger partial charge in [0.25, 0.3) is 5.91 Å². The predicted molar refractivity (Wildman–Crippen MR) is 157 cm³/mol. The van der Waals surface area contributed by atoms with Gasteiger partial charge in [-0.1, -0.05) is 29.8 Å². The quantitative estimate of drug-likeness (QED) is 0.144. The number of hydrogen-bond donors (Lipinski definition) is 1. The molecule has 0 aliphatic rings. The number of hydrogen-bond acceptors (Lipinski definition) is 6. The Kier molecular flexibility index (Phi) is 10.3. The van der Waals surface area contributed by atoms with E-state index in [2.05, 4.69) is 53.9 Å². The van der Waals surface area contributed by atoms with Gasteiger partial charge in [0, 0.05) is 12.1 Å². The Balaban J connectivity index is 1.88. The van der Waals surface area contributed by atoms with Crippen LogP contribution in [0.5, 0.6) is 23.0 Å². The molecule has 38 heavy (non-hydrogen) atoms. The van der Waals surface area contributed by atoms with Crippen LogP contribution in [0.3, 0.4) is 0 Å². The Morgan fingerprint density at radius 3 is 2.39 bits per heavy atom. The molecular weight excluding hydrogens is 619 g/mol. The van der Waals surface area contributed by atoms with Gasteiger partial charge in [0.2, 0.25) is 0 Å². The summed E-state index contributed by atoms with van der Waals surface area (Å²) < 4.78 is 23.3. The summed E-state index contributed by atoms with van der Waals surface area (Å²) in [5.74, 6) is 1.20. The number of amides is 1. The Hall–Kier alpha value is -3.42. The molecule has 0 fully saturated rings. The summed E-state index contributed by atoms with van der Waals surface area (Å²) in [6.07, 6.45) is 1.49. The maximum absolute atomic E-state index is 13.0. The minimum atomic E-state index is -0.613. The van der Waals surface area contributed by atoms with E-state index in [-0.39, 0.29) is 5.57 Å². The standard InChI is InChI=1S/C29H28ClIN2O5/c1-6-37-27-12-20(11-23(31)28(27)38-16-19-8-7-17(2)18(3)9-19)10-21(15-32)29(34)33-24-14-25(35-4)22(30)13-26(24)36-5/h7-14H,6,16H2,1-5H3,(H,33,34)/b21-10+. The van der Waals surface area contributed by atoms with E-state index in [0.717, 1.165) is 9.13 Å².